The zero-order valence-corrected chi connectivity index (χ0v) is 12.1. The van der Waals surface area contributed by atoms with Gasteiger partial charge in [0.2, 0.25) is 5.91 Å². The standard InChI is InChI=1S/C15H13F3N2O3/c1-20-14(22)11(7-19)13(21)10-6-9(10)8-4-2-3-5-12(8)23-15(16,17)18/h2-5,9-11H,6H2,1H3,(H,20,22). The average molecular weight is 326 g/mol. The van der Waals surface area contributed by atoms with Gasteiger partial charge in [-0.1, -0.05) is 18.2 Å². The highest BCUT2D eigenvalue weighted by Gasteiger charge is 2.49. The number of hydrogen-bond donors (Lipinski definition) is 1. The molecular weight excluding hydrogens is 313 g/mol. The van der Waals surface area contributed by atoms with Crippen LogP contribution in [0.1, 0.15) is 17.9 Å². The lowest BCUT2D eigenvalue weighted by molar-refractivity contribution is -0.274. The minimum atomic E-state index is -4.83. The molecule has 0 aliphatic heterocycles. The van der Waals surface area contributed by atoms with E-state index in [0.29, 0.717) is 0 Å². The van der Waals surface area contributed by atoms with Crippen molar-refractivity contribution in [2.45, 2.75) is 18.7 Å². The maximum atomic E-state index is 12.4. The molecule has 0 radical (unpaired) electrons. The summed E-state index contributed by atoms with van der Waals surface area (Å²) in [6.45, 7) is 0. The molecule has 1 N–H and O–H groups in total. The first-order valence-corrected chi connectivity index (χ1v) is 6.78. The van der Waals surface area contributed by atoms with Crippen molar-refractivity contribution in [1.82, 2.24) is 5.32 Å². The molecular formula is C15H13F3N2O3. The van der Waals surface area contributed by atoms with Crippen molar-refractivity contribution >= 4 is 11.7 Å². The van der Waals surface area contributed by atoms with Gasteiger partial charge in [0.1, 0.15) is 5.75 Å². The van der Waals surface area contributed by atoms with Crippen LogP contribution in [0, 0.1) is 23.2 Å². The SMILES string of the molecule is CNC(=O)C(C#N)C(=O)C1CC1c1ccccc1OC(F)(F)F. The van der Waals surface area contributed by atoms with Gasteiger partial charge in [0.15, 0.2) is 11.7 Å². The van der Waals surface area contributed by atoms with Crippen LogP contribution in [0.15, 0.2) is 24.3 Å². The van der Waals surface area contributed by atoms with E-state index in [1.807, 2.05) is 0 Å². The number of Topliss-reactive ketones (excluding diaryl/α,β-unsaturated/α-hetero) is 1. The molecule has 5 nitrogen and oxygen atoms in total. The smallest absolute Gasteiger partial charge is 0.405 e. The van der Waals surface area contributed by atoms with Gasteiger partial charge in [-0.3, -0.25) is 9.59 Å². The largest absolute Gasteiger partial charge is 0.573 e. The molecule has 8 heteroatoms. The molecule has 0 bridgehead atoms. The predicted molar refractivity (Wildman–Crippen MR) is 72.1 cm³/mol. The van der Waals surface area contributed by atoms with Crippen LogP contribution in [-0.4, -0.2) is 25.1 Å². The lowest BCUT2D eigenvalue weighted by atomic mass is 9.98. The molecule has 1 amide bonds. The van der Waals surface area contributed by atoms with Crippen molar-refractivity contribution in [3.63, 3.8) is 0 Å². The second kappa shape index (κ2) is 6.28. The van der Waals surface area contributed by atoms with E-state index < -0.39 is 35.8 Å². The van der Waals surface area contributed by atoms with E-state index in [-0.39, 0.29) is 17.7 Å². The van der Waals surface area contributed by atoms with E-state index in [9.17, 15) is 22.8 Å². The van der Waals surface area contributed by atoms with Crippen molar-refractivity contribution in [1.29, 1.82) is 5.26 Å². The molecule has 1 saturated carbocycles. The molecule has 1 aromatic rings. The average Bonchev–Trinajstić information content (AvgIpc) is 3.26. The summed E-state index contributed by atoms with van der Waals surface area (Å²) >= 11 is 0. The first kappa shape index (κ1) is 16.8. The third-order valence-corrected chi connectivity index (χ3v) is 3.62. The fourth-order valence-electron chi connectivity index (χ4n) is 2.47. The molecule has 1 aromatic carbocycles. The molecule has 1 aliphatic rings. The Balaban J connectivity index is 2.17. The van der Waals surface area contributed by atoms with E-state index in [1.54, 1.807) is 12.1 Å². The van der Waals surface area contributed by atoms with E-state index in [1.165, 1.54) is 25.2 Å². The maximum Gasteiger partial charge on any atom is 0.573 e. The predicted octanol–water partition coefficient (Wildman–Crippen LogP) is 2.14. The monoisotopic (exact) mass is 326 g/mol. The van der Waals surface area contributed by atoms with Crippen molar-refractivity contribution in [2.24, 2.45) is 11.8 Å². The van der Waals surface area contributed by atoms with Crippen molar-refractivity contribution in [3.8, 4) is 11.8 Å². The van der Waals surface area contributed by atoms with Gasteiger partial charge < -0.3 is 10.1 Å². The van der Waals surface area contributed by atoms with Gasteiger partial charge in [-0.25, -0.2) is 0 Å². The number of nitrogens with zero attached hydrogens (tertiary/aromatic N) is 1. The lowest BCUT2D eigenvalue weighted by Gasteiger charge is -2.13. The number of rotatable bonds is 5. The summed E-state index contributed by atoms with van der Waals surface area (Å²) in [5, 5.41) is 11.2. The number of ether oxygens (including phenoxy) is 1. The van der Waals surface area contributed by atoms with Crippen LogP contribution in [0.5, 0.6) is 5.75 Å². The summed E-state index contributed by atoms with van der Waals surface area (Å²) in [6.07, 6.45) is -4.55. The van der Waals surface area contributed by atoms with Gasteiger partial charge >= 0.3 is 6.36 Å². The fraction of sp³-hybridized carbons (Fsp3) is 0.400. The quantitative estimate of drug-likeness (QED) is 0.841. The summed E-state index contributed by atoms with van der Waals surface area (Å²) < 4.78 is 41.2. The number of carbonyl (C=O) groups is 2. The summed E-state index contributed by atoms with van der Waals surface area (Å²) in [5.41, 5.74) is 0.247. The Morgan fingerprint density at radius 3 is 2.61 bits per heavy atom. The highest BCUT2D eigenvalue weighted by molar-refractivity contribution is 6.06. The van der Waals surface area contributed by atoms with Crippen LogP contribution in [0.2, 0.25) is 0 Å². The number of alkyl halides is 3. The van der Waals surface area contributed by atoms with E-state index in [4.69, 9.17) is 5.26 Å². The molecule has 0 saturated heterocycles. The molecule has 2 rings (SSSR count). The Morgan fingerprint density at radius 1 is 1.39 bits per heavy atom. The Bertz CT molecular complexity index is 667. The number of halogens is 3. The molecule has 0 spiro atoms. The minimum Gasteiger partial charge on any atom is -0.405 e. The van der Waals surface area contributed by atoms with Crippen LogP contribution in [0.3, 0.4) is 0 Å². The van der Waals surface area contributed by atoms with Crippen LogP contribution in [0.4, 0.5) is 13.2 Å². The Kier molecular flexibility index (Phi) is 4.59. The number of ketones is 1. The first-order valence-electron chi connectivity index (χ1n) is 6.78. The lowest BCUT2D eigenvalue weighted by Crippen LogP contribution is -2.33. The van der Waals surface area contributed by atoms with Crippen molar-refractivity contribution in [2.75, 3.05) is 7.05 Å². The zero-order chi connectivity index (χ0) is 17.2. The van der Waals surface area contributed by atoms with Crippen LogP contribution >= 0.6 is 0 Å². The van der Waals surface area contributed by atoms with Crippen LogP contribution < -0.4 is 10.1 Å². The summed E-state index contributed by atoms with van der Waals surface area (Å²) in [7, 11) is 1.30. The Hall–Kier alpha value is -2.56. The molecule has 0 heterocycles. The third kappa shape index (κ3) is 3.80. The molecule has 1 aliphatic carbocycles. The highest BCUT2D eigenvalue weighted by Crippen LogP contribution is 2.52. The van der Waals surface area contributed by atoms with Crippen molar-refractivity contribution < 1.29 is 27.5 Å². The van der Waals surface area contributed by atoms with E-state index in [0.717, 1.165) is 0 Å². The molecule has 3 atom stereocenters. The molecule has 1 fully saturated rings. The van der Waals surface area contributed by atoms with Gasteiger partial charge in [-0.2, -0.15) is 5.26 Å². The second-order valence-electron chi connectivity index (χ2n) is 5.11. The highest BCUT2D eigenvalue weighted by atomic mass is 19.4. The van der Waals surface area contributed by atoms with Gasteiger partial charge in [0.25, 0.3) is 0 Å². The van der Waals surface area contributed by atoms with E-state index >= 15 is 0 Å². The molecule has 3 unspecified atom stereocenters. The number of nitrogens with one attached hydrogen (secondary N) is 1. The summed E-state index contributed by atoms with van der Waals surface area (Å²) in [6, 6.07) is 7.18. The van der Waals surface area contributed by atoms with Gasteiger partial charge in [-0.05, 0) is 24.0 Å². The topological polar surface area (TPSA) is 79.2 Å². The van der Waals surface area contributed by atoms with Gasteiger partial charge in [0, 0.05) is 13.0 Å². The third-order valence-electron chi connectivity index (χ3n) is 3.62. The Labute approximate surface area is 130 Å². The van der Waals surface area contributed by atoms with Gasteiger partial charge in [-0.15, -0.1) is 13.2 Å². The zero-order valence-electron chi connectivity index (χ0n) is 12.1. The normalized spacial score (nSPS) is 21.0. The van der Waals surface area contributed by atoms with Crippen LogP contribution in [-0.2, 0) is 9.59 Å². The fourth-order valence-corrected chi connectivity index (χ4v) is 2.47. The number of para-hydroxylation sites is 1. The number of benzene rings is 1. The Morgan fingerprint density at radius 2 is 2.04 bits per heavy atom. The summed E-state index contributed by atoms with van der Waals surface area (Å²) in [4.78, 5) is 23.7. The first-order chi connectivity index (χ1) is 10.8. The van der Waals surface area contributed by atoms with Crippen LogP contribution in [0.25, 0.3) is 0 Å². The molecule has 0 aromatic heterocycles. The molecule has 23 heavy (non-hydrogen) atoms. The number of amides is 1. The summed E-state index contributed by atoms with van der Waals surface area (Å²) in [5.74, 6) is -4.27. The number of hydrogen-bond acceptors (Lipinski definition) is 4. The van der Waals surface area contributed by atoms with Gasteiger partial charge in [0.05, 0.1) is 6.07 Å². The number of nitriles is 1. The van der Waals surface area contributed by atoms with E-state index in [2.05, 4.69) is 10.1 Å². The van der Waals surface area contributed by atoms with Crippen molar-refractivity contribution in [3.05, 3.63) is 29.8 Å². The maximum absolute atomic E-state index is 12.4. The minimum absolute atomic E-state index is 0.247. The second-order valence-corrected chi connectivity index (χ2v) is 5.11. The molecule has 122 valence electrons. The number of carbonyl (C=O) groups excluding carboxylic acids is 2.